The number of aliphatic carboxylic acids is 2. The van der Waals surface area contributed by atoms with Crippen molar-refractivity contribution in [2.24, 2.45) is 22.7 Å². The smallest absolute Gasteiger partial charge is 0.410 e. The van der Waals surface area contributed by atoms with Crippen molar-refractivity contribution >= 4 is 36.1 Å². The molecule has 0 spiro atoms. The minimum Gasteiger partial charge on any atom is -0.481 e. The lowest BCUT2D eigenvalue weighted by molar-refractivity contribution is -0.165. The molecule has 18 heteroatoms. The molecule has 2 atom stereocenters. The minimum atomic E-state index is -1.19. The summed E-state index contributed by atoms with van der Waals surface area (Å²) in [5.41, 5.74) is -2.02. The molecule has 62 heavy (non-hydrogen) atoms. The number of carbonyl (C=O) groups excluding carboxylic acids is 4. The van der Waals surface area contributed by atoms with Gasteiger partial charge in [0, 0.05) is 26.2 Å². The molecule has 352 valence electrons. The number of piperidine rings is 4. The molecule has 6 fully saturated rings. The predicted octanol–water partition coefficient (Wildman–Crippen LogP) is 3.32. The van der Waals surface area contributed by atoms with Gasteiger partial charge in [-0.2, -0.15) is 0 Å². The van der Waals surface area contributed by atoms with Crippen molar-refractivity contribution in [1.29, 1.82) is 0 Å². The molecule has 2 unspecified atom stereocenters. The number of rotatable bonds is 18. The first-order valence-electron chi connectivity index (χ1n) is 23.3. The van der Waals surface area contributed by atoms with Gasteiger partial charge in [0.2, 0.25) is 0 Å². The SMILES string of the molecule is CCN1CCC(CN2CC(CN3CCC(CC(=O)O)(C(=O)O)CC3)OC2=O)CC1.CCOC(=O)CC1(C(=O)OCC)CCN(CC2CN(CC3CCN(CC)CC3)C(=O)O2)CC1. The lowest BCUT2D eigenvalue weighted by Crippen LogP contribution is -2.48. The third-order valence-electron chi connectivity index (χ3n) is 14.2. The molecule has 6 rings (SSSR count). The van der Waals surface area contributed by atoms with E-state index in [9.17, 15) is 33.9 Å². The van der Waals surface area contributed by atoms with Crippen LogP contribution >= 0.6 is 0 Å². The van der Waals surface area contributed by atoms with Gasteiger partial charge in [0.1, 0.15) is 12.2 Å². The maximum atomic E-state index is 12.7. The van der Waals surface area contributed by atoms with Crippen LogP contribution < -0.4 is 0 Å². The Morgan fingerprint density at radius 3 is 1.37 bits per heavy atom. The summed E-state index contributed by atoms with van der Waals surface area (Å²) in [6.45, 7) is 21.3. The van der Waals surface area contributed by atoms with E-state index in [1.807, 2.05) is 9.80 Å². The molecule has 0 aromatic rings. The summed E-state index contributed by atoms with van der Waals surface area (Å²) in [5.74, 6) is -1.72. The van der Waals surface area contributed by atoms with Gasteiger partial charge in [-0.3, -0.25) is 29.0 Å². The van der Waals surface area contributed by atoms with E-state index in [1.54, 1.807) is 13.8 Å². The Kier molecular flexibility index (Phi) is 18.5. The zero-order valence-electron chi connectivity index (χ0n) is 37.8. The summed E-state index contributed by atoms with van der Waals surface area (Å²) in [4.78, 5) is 85.1. The zero-order chi connectivity index (χ0) is 44.9. The molecule has 6 saturated heterocycles. The Labute approximate surface area is 367 Å². The second-order valence-electron chi connectivity index (χ2n) is 18.3. The first-order chi connectivity index (χ1) is 29.7. The average Bonchev–Trinajstić information content (AvgIpc) is 3.78. The normalized spacial score (nSPS) is 25.4. The number of nitrogens with zero attached hydrogens (tertiary/aromatic N) is 6. The summed E-state index contributed by atoms with van der Waals surface area (Å²) in [6.07, 6.45) is 5.01. The lowest BCUT2D eigenvalue weighted by Gasteiger charge is -2.39. The van der Waals surface area contributed by atoms with Crippen molar-refractivity contribution in [2.45, 2.75) is 104 Å². The monoisotopic (exact) mass is 879 g/mol. The third-order valence-corrected chi connectivity index (χ3v) is 14.2. The Morgan fingerprint density at radius 2 is 1.00 bits per heavy atom. The minimum absolute atomic E-state index is 0.0521. The van der Waals surface area contributed by atoms with Gasteiger partial charge in [0.15, 0.2) is 0 Å². The van der Waals surface area contributed by atoms with Gasteiger partial charge in [0.05, 0.1) is 50.0 Å². The summed E-state index contributed by atoms with van der Waals surface area (Å²) < 4.78 is 21.6. The van der Waals surface area contributed by atoms with E-state index in [2.05, 4.69) is 33.4 Å². The molecule has 6 aliphatic heterocycles. The number of carbonyl (C=O) groups is 6. The highest BCUT2D eigenvalue weighted by Crippen LogP contribution is 2.38. The Hall–Kier alpha value is -3.74. The summed E-state index contributed by atoms with van der Waals surface area (Å²) in [7, 11) is 0. The number of cyclic esters (lactones) is 2. The molecule has 0 aromatic heterocycles. The van der Waals surface area contributed by atoms with Crippen molar-refractivity contribution < 1.29 is 57.9 Å². The van der Waals surface area contributed by atoms with Crippen LogP contribution in [0.4, 0.5) is 9.59 Å². The molecule has 0 radical (unpaired) electrons. The van der Waals surface area contributed by atoms with Gasteiger partial charge >= 0.3 is 36.1 Å². The van der Waals surface area contributed by atoms with Gasteiger partial charge in [-0.1, -0.05) is 13.8 Å². The molecule has 0 aromatic carbocycles. The van der Waals surface area contributed by atoms with Gasteiger partial charge in [-0.15, -0.1) is 0 Å². The molecule has 0 saturated carbocycles. The Morgan fingerprint density at radius 1 is 0.581 bits per heavy atom. The number of ether oxygens (including phenoxy) is 4. The van der Waals surface area contributed by atoms with Crippen LogP contribution in [0.25, 0.3) is 0 Å². The van der Waals surface area contributed by atoms with E-state index in [-0.39, 0.29) is 49.2 Å². The first kappa shape index (κ1) is 49.3. The summed E-state index contributed by atoms with van der Waals surface area (Å²) in [6, 6.07) is 0. The van der Waals surface area contributed by atoms with Crippen molar-refractivity contribution in [2.75, 3.05) is 118 Å². The standard InChI is InChI=1S/C24H41N3O6.C20H33N3O6/c1-4-25-11-7-19(8-12-25)16-27-18-20(33-23(27)30)17-26-13-9-24(10-14-26,22(29)32-6-3)15-21(28)31-5-2;1-2-21-7-3-15(4-8-21)12-23-14-16(29-19(23)28)13-22-9-5-20(6-10-22,18(26)27)11-17(24)25/h19-20H,4-18H2,1-3H3;15-16H,2-14H2,1H3,(H,24,25)(H,26,27). The quantitative estimate of drug-likeness (QED) is 0.150. The Balaban J connectivity index is 0.000000236. The second kappa shape index (κ2) is 23.3. The van der Waals surface area contributed by atoms with Crippen molar-refractivity contribution in [1.82, 2.24) is 29.4 Å². The number of carboxylic acid groups (broad SMARTS) is 2. The van der Waals surface area contributed by atoms with Crippen LogP contribution in [-0.4, -0.2) is 206 Å². The number of hydrogen-bond donors (Lipinski definition) is 2. The van der Waals surface area contributed by atoms with Crippen molar-refractivity contribution in [3.8, 4) is 0 Å². The van der Waals surface area contributed by atoms with Crippen LogP contribution in [-0.2, 0) is 38.1 Å². The molecular weight excluding hydrogens is 805 g/mol. The summed E-state index contributed by atoms with van der Waals surface area (Å²) in [5, 5.41) is 18.6. The third kappa shape index (κ3) is 13.6. The van der Waals surface area contributed by atoms with E-state index >= 15 is 0 Å². The van der Waals surface area contributed by atoms with Gasteiger partial charge in [0.25, 0.3) is 0 Å². The van der Waals surface area contributed by atoms with Crippen LogP contribution in [0, 0.1) is 22.7 Å². The topological polar surface area (TPSA) is 199 Å². The second-order valence-corrected chi connectivity index (χ2v) is 18.3. The number of carboxylic acids is 2. The predicted molar refractivity (Wildman–Crippen MR) is 227 cm³/mol. The maximum absolute atomic E-state index is 12.7. The van der Waals surface area contributed by atoms with Crippen LogP contribution in [0.15, 0.2) is 0 Å². The Bertz CT molecular complexity index is 1500. The van der Waals surface area contributed by atoms with Gasteiger partial charge in [-0.05, 0) is 142 Å². The van der Waals surface area contributed by atoms with E-state index in [0.717, 1.165) is 78.0 Å². The van der Waals surface area contributed by atoms with E-state index in [4.69, 9.17) is 24.1 Å². The number of hydrogen-bond acceptors (Lipinski definition) is 14. The van der Waals surface area contributed by atoms with Crippen LogP contribution in [0.1, 0.15) is 91.9 Å². The first-order valence-corrected chi connectivity index (χ1v) is 23.3. The molecule has 0 bridgehead atoms. The number of likely N-dealkylation sites (tertiary alicyclic amines) is 4. The highest BCUT2D eigenvalue weighted by Gasteiger charge is 2.47. The molecular formula is C44H74N6O12. The molecule has 6 heterocycles. The fourth-order valence-electron chi connectivity index (χ4n) is 10.1. The van der Waals surface area contributed by atoms with Crippen LogP contribution in [0.5, 0.6) is 0 Å². The lowest BCUT2D eigenvalue weighted by atomic mass is 9.75. The van der Waals surface area contributed by atoms with E-state index < -0.39 is 22.8 Å². The largest absolute Gasteiger partial charge is 0.481 e. The van der Waals surface area contributed by atoms with Crippen LogP contribution in [0.3, 0.4) is 0 Å². The van der Waals surface area contributed by atoms with Crippen molar-refractivity contribution in [3.05, 3.63) is 0 Å². The highest BCUT2D eigenvalue weighted by molar-refractivity contribution is 5.84. The molecule has 2 amide bonds. The fraction of sp³-hybridized carbons (Fsp3) is 0.864. The van der Waals surface area contributed by atoms with Gasteiger partial charge in [-0.25, -0.2) is 9.59 Å². The molecule has 18 nitrogen and oxygen atoms in total. The van der Waals surface area contributed by atoms with Crippen LogP contribution in [0.2, 0.25) is 0 Å². The van der Waals surface area contributed by atoms with Gasteiger partial charge < -0.3 is 48.8 Å². The highest BCUT2D eigenvalue weighted by atomic mass is 16.6. The fourth-order valence-corrected chi connectivity index (χ4v) is 10.1. The number of esters is 2. The van der Waals surface area contributed by atoms with E-state index in [1.165, 1.54) is 0 Å². The molecule has 6 aliphatic rings. The average molecular weight is 879 g/mol. The summed E-state index contributed by atoms with van der Waals surface area (Å²) >= 11 is 0. The molecule has 2 N–H and O–H groups in total. The van der Waals surface area contributed by atoms with Crippen molar-refractivity contribution in [3.63, 3.8) is 0 Å². The maximum Gasteiger partial charge on any atom is 0.410 e. The molecule has 0 aliphatic carbocycles. The zero-order valence-corrected chi connectivity index (χ0v) is 37.8. The van der Waals surface area contributed by atoms with E-state index in [0.29, 0.717) is 103 Å². The number of amides is 2.